The maximum atomic E-state index is 6.59. The van der Waals surface area contributed by atoms with Crippen molar-refractivity contribution < 1.29 is 0 Å². The Labute approximate surface area is 168 Å². The first-order chi connectivity index (χ1) is 13.0. The van der Waals surface area contributed by atoms with E-state index < -0.39 is 0 Å². The molecule has 0 spiro atoms. The molecule has 2 heterocycles. The lowest BCUT2D eigenvalue weighted by atomic mass is 10.1. The van der Waals surface area contributed by atoms with Crippen LogP contribution in [0.1, 0.15) is 29.8 Å². The molecule has 5 heteroatoms. The van der Waals surface area contributed by atoms with Gasteiger partial charge >= 0.3 is 0 Å². The van der Waals surface area contributed by atoms with Gasteiger partial charge in [-0.05, 0) is 56.2 Å². The van der Waals surface area contributed by atoms with Crippen molar-refractivity contribution in [2.45, 2.75) is 26.8 Å². The van der Waals surface area contributed by atoms with Gasteiger partial charge in [0.1, 0.15) is 10.8 Å². The molecule has 4 aromatic rings. The standard InChI is InChI=1S/C22H19Cl2N3/c1-13-14(2)27(15(3)16-7-5-4-6-8-16)22-19(13)20(24)25-21(26-22)17-9-11-18(23)12-10-17/h4-12,15H,1-3H3/t15-/m1/s1. The quantitative estimate of drug-likeness (QED) is 0.364. The molecule has 3 nitrogen and oxygen atoms in total. The second-order valence-electron chi connectivity index (χ2n) is 6.71. The minimum Gasteiger partial charge on any atom is -0.322 e. The first-order valence-corrected chi connectivity index (χ1v) is 9.58. The molecule has 0 aliphatic rings. The summed E-state index contributed by atoms with van der Waals surface area (Å²) in [4.78, 5) is 9.43. The van der Waals surface area contributed by atoms with E-state index in [4.69, 9.17) is 28.2 Å². The molecule has 1 atom stereocenters. The lowest BCUT2D eigenvalue weighted by Crippen LogP contribution is -2.09. The minimum atomic E-state index is 0.131. The molecule has 4 rings (SSSR count). The third-order valence-electron chi connectivity index (χ3n) is 5.12. The van der Waals surface area contributed by atoms with Gasteiger partial charge in [-0.25, -0.2) is 9.97 Å². The Balaban J connectivity index is 1.96. The topological polar surface area (TPSA) is 30.7 Å². The van der Waals surface area contributed by atoms with Gasteiger partial charge in [0.2, 0.25) is 0 Å². The summed E-state index contributed by atoms with van der Waals surface area (Å²) in [5.41, 5.74) is 5.22. The lowest BCUT2D eigenvalue weighted by Gasteiger charge is -2.18. The molecule has 2 aromatic carbocycles. The molecule has 0 radical (unpaired) electrons. The number of nitrogens with zero attached hydrogens (tertiary/aromatic N) is 3. The molecule has 0 aliphatic carbocycles. The predicted molar refractivity (Wildman–Crippen MR) is 113 cm³/mol. The van der Waals surface area contributed by atoms with Crippen LogP contribution in [0.2, 0.25) is 10.2 Å². The number of hydrogen-bond acceptors (Lipinski definition) is 2. The zero-order valence-electron chi connectivity index (χ0n) is 15.4. The number of benzene rings is 2. The van der Waals surface area contributed by atoms with Crippen LogP contribution in [0.5, 0.6) is 0 Å². The van der Waals surface area contributed by atoms with Crippen molar-refractivity contribution in [3.05, 3.63) is 81.6 Å². The second-order valence-corrected chi connectivity index (χ2v) is 7.51. The van der Waals surface area contributed by atoms with E-state index in [0.717, 1.165) is 27.9 Å². The third kappa shape index (κ3) is 3.11. The Hall–Kier alpha value is -2.36. The van der Waals surface area contributed by atoms with Gasteiger partial charge < -0.3 is 4.57 Å². The predicted octanol–water partition coefficient (Wildman–Crippen LogP) is 6.63. The average molecular weight is 396 g/mol. The zero-order valence-corrected chi connectivity index (χ0v) is 16.9. The number of hydrogen-bond donors (Lipinski definition) is 0. The van der Waals surface area contributed by atoms with Crippen LogP contribution in [0.25, 0.3) is 22.4 Å². The minimum absolute atomic E-state index is 0.131. The molecule has 136 valence electrons. The van der Waals surface area contributed by atoms with Crippen LogP contribution >= 0.6 is 23.2 Å². The van der Waals surface area contributed by atoms with Crippen LogP contribution in [0, 0.1) is 13.8 Å². The summed E-state index contributed by atoms with van der Waals surface area (Å²) < 4.78 is 2.24. The van der Waals surface area contributed by atoms with Crippen molar-refractivity contribution in [1.82, 2.24) is 14.5 Å². The maximum Gasteiger partial charge on any atom is 0.163 e. The average Bonchev–Trinajstić information content (AvgIpc) is 2.93. The zero-order chi connectivity index (χ0) is 19.1. The van der Waals surface area contributed by atoms with Gasteiger partial charge in [-0.2, -0.15) is 0 Å². The van der Waals surface area contributed by atoms with Gasteiger partial charge in [-0.1, -0.05) is 53.5 Å². The summed E-state index contributed by atoms with van der Waals surface area (Å²) >= 11 is 12.6. The summed E-state index contributed by atoms with van der Waals surface area (Å²) in [5, 5.41) is 2.07. The molecule has 0 fully saturated rings. The molecule has 0 saturated carbocycles. The number of aryl methyl sites for hydroxylation is 1. The van der Waals surface area contributed by atoms with Crippen molar-refractivity contribution in [2.75, 3.05) is 0 Å². The first-order valence-electron chi connectivity index (χ1n) is 8.83. The molecule has 2 aromatic heterocycles. The molecule has 27 heavy (non-hydrogen) atoms. The van der Waals surface area contributed by atoms with Crippen molar-refractivity contribution in [3.63, 3.8) is 0 Å². The SMILES string of the molecule is Cc1c(C)n([C@H](C)c2ccccc2)c2nc(-c3ccc(Cl)cc3)nc(Cl)c12. The van der Waals surface area contributed by atoms with E-state index in [1.807, 2.05) is 30.3 Å². The fourth-order valence-corrected chi connectivity index (χ4v) is 3.95. The van der Waals surface area contributed by atoms with E-state index in [1.165, 1.54) is 5.56 Å². The summed E-state index contributed by atoms with van der Waals surface area (Å²) in [5.74, 6) is 0.600. The lowest BCUT2D eigenvalue weighted by molar-refractivity contribution is 0.639. The fraction of sp³-hybridized carbons (Fsp3) is 0.182. The highest BCUT2D eigenvalue weighted by atomic mass is 35.5. The molecule has 0 amide bonds. The van der Waals surface area contributed by atoms with Crippen molar-refractivity contribution in [2.24, 2.45) is 0 Å². The van der Waals surface area contributed by atoms with E-state index in [-0.39, 0.29) is 6.04 Å². The Morgan fingerprint density at radius 2 is 1.56 bits per heavy atom. The molecule has 0 bridgehead atoms. The molecule has 0 unspecified atom stereocenters. The monoisotopic (exact) mass is 395 g/mol. The van der Waals surface area contributed by atoms with Crippen molar-refractivity contribution in [3.8, 4) is 11.4 Å². The van der Waals surface area contributed by atoms with Crippen molar-refractivity contribution in [1.29, 1.82) is 0 Å². The van der Waals surface area contributed by atoms with Gasteiger partial charge in [0.05, 0.1) is 11.4 Å². The third-order valence-corrected chi connectivity index (χ3v) is 5.65. The van der Waals surface area contributed by atoms with Crippen LogP contribution in [0.4, 0.5) is 0 Å². The number of rotatable bonds is 3. The Morgan fingerprint density at radius 1 is 0.889 bits per heavy atom. The molecular weight excluding hydrogens is 377 g/mol. The van der Waals surface area contributed by atoms with E-state index in [1.54, 1.807) is 0 Å². The van der Waals surface area contributed by atoms with E-state index in [2.05, 4.69) is 54.6 Å². The number of aromatic nitrogens is 3. The summed E-state index contributed by atoms with van der Waals surface area (Å²) in [6, 6.07) is 18.0. The highest BCUT2D eigenvalue weighted by molar-refractivity contribution is 6.34. The first kappa shape index (κ1) is 18.0. The summed E-state index contributed by atoms with van der Waals surface area (Å²) in [7, 11) is 0. The van der Waals surface area contributed by atoms with E-state index in [9.17, 15) is 0 Å². The summed E-state index contributed by atoms with van der Waals surface area (Å²) in [6.45, 7) is 6.36. The maximum absolute atomic E-state index is 6.59. The van der Waals surface area contributed by atoms with Crippen molar-refractivity contribution >= 4 is 34.2 Å². The molecular formula is C22H19Cl2N3. The Kier molecular flexibility index (Phi) is 4.67. The molecule has 0 N–H and O–H groups in total. The van der Waals surface area contributed by atoms with Gasteiger partial charge in [0, 0.05) is 16.3 Å². The van der Waals surface area contributed by atoms with Gasteiger partial charge in [-0.3, -0.25) is 0 Å². The van der Waals surface area contributed by atoms with E-state index in [0.29, 0.717) is 16.0 Å². The number of halogens is 2. The largest absolute Gasteiger partial charge is 0.322 e. The molecule has 0 aliphatic heterocycles. The smallest absolute Gasteiger partial charge is 0.163 e. The highest BCUT2D eigenvalue weighted by Crippen LogP contribution is 2.35. The Morgan fingerprint density at radius 3 is 2.22 bits per heavy atom. The van der Waals surface area contributed by atoms with Gasteiger partial charge in [-0.15, -0.1) is 0 Å². The van der Waals surface area contributed by atoms with Gasteiger partial charge in [0.25, 0.3) is 0 Å². The van der Waals surface area contributed by atoms with Crippen LogP contribution in [-0.2, 0) is 0 Å². The molecule has 0 saturated heterocycles. The summed E-state index contributed by atoms with van der Waals surface area (Å²) in [6.07, 6.45) is 0. The van der Waals surface area contributed by atoms with Gasteiger partial charge in [0.15, 0.2) is 5.82 Å². The highest BCUT2D eigenvalue weighted by Gasteiger charge is 2.21. The van der Waals surface area contributed by atoms with Crippen LogP contribution in [0.15, 0.2) is 54.6 Å². The van der Waals surface area contributed by atoms with Crippen LogP contribution in [0.3, 0.4) is 0 Å². The van der Waals surface area contributed by atoms with E-state index >= 15 is 0 Å². The van der Waals surface area contributed by atoms with Crippen LogP contribution < -0.4 is 0 Å². The van der Waals surface area contributed by atoms with Crippen LogP contribution in [-0.4, -0.2) is 14.5 Å². The Bertz CT molecular complexity index is 1120. The second kappa shape index (κ2) is 6.99. The number of fused-ring (bicyclic) bond motifs is 1. The fourth-order valence-electron chi connectivity index (χ4n) is 3.52. The normalized spacial score (nSPS) is 12.5.